The Morgan fingerprint density at radius 2 is 1.96 bits per heavy atom. The van der Waals surface area contributed by atoms with E-state index in [1.54, 1.807) is 10.6 Å². The van der Waals surface area contributed by atoms with Crippen molar-refractivity contribution in [1.82, 2.24) is 19.2 Å². The molecule has 2 heterocycles. The molecule has 3 aromatic rings. The Bertz CT molecular complexity index is 1020. The van der Waals surface area contributed by atoms with Crippen LogP contribution in [0.25, 0.3) is 16.7 Å². The van der Waals surface area contributed by atoms with E-state index in [0.29, 0.717) is 22.9 Å². The molecular weight excluding hydrogens is 352 g/mol. The zero-order chi connectivity index (χ0) is 18.9. The summed E-state index contributed by atoms with van der Waals surface area (Å²) < 4.78 is 8.81. The van der Waals surface area contributed by atoms with Crippen LogP contribution in [0.1, 0.15) is 34.1 Å². The smallest absolute Gasteiger partial charge is 0.316 e. The molecule has 0 saturated heterocycles. The highest BCUT2D eigenvalue weighted by molar-refractivity contribution is 7.99. The van der Waals surface area contributed by atoms with Gasteiger partial charge in [-0.15, -0.1) is 10.2 Å². The highest BCUT2D eigenvalue weighted by atomic mass is 32.2. The zero-order valence-electron chi connectivity index (χ0n) is 15.4. The van der Waals surface area contributed by atoms with E-state index >= 15 is 0 Å². The summed E-state index contributed by atoms with van der Waals surface area (Å²) in [5.41, 5.74) is 0.126. The molecule has 138 valence electrons. The number of benzene rings is 1. The van der Waals surface area contributed by atoms with Crippen molar-refractivity contribution in [2.75, 3.05) is 5.75 Å². The lowest BCUT2D eigenvalue weighted by molar-refractivity contribution is -0.151. The van der Waals surface area contributed by atoms with Crippen LogP contribution in [0, 0.1) is 0 Å². The average Bonchev–Trinajstić information content (AvgIpc) is 2.99. The number of ether oxygens (including phenoxy) is 1. The Labute approximate surface area is 155 Å². The van der Waals surface area contributed by atoms with Crippen molar-refractivity contribution in [3.05, 3.63) is 34.6 Å². The maximum atomic E-state index is 12.8. The van der Waals surface area contributed by atoms with Crippen LogP contribution in [0.15, 0.2) is 34.2 Å². The van der Waals surface area contributed by atoms with E-state index in [1.165, 1.54) is 11.8 Å². The second-order valence-electron chi connectivity index (χ2n) is 6.97. The summed E-state index contributed by atoms with van der Waals surface area (Å²) in [5.74, 6) is 0.298. The van der Waals surface area contributed by atoms with Gasteiger partial charge in [0.25, 0.3) is 5.56 Å². The molecule has 26 heavy (non-hydrogen) atoms. The van der Waals surface area contributed by atoms with Crippen molar-refractivity contribution in [2.45, 2.75) is 51.4 Å². The molecule has 0 spiro atoms. The quantitative estimate of drug-likeness (QED) is 0.505. The second kappa shape index (κ2) is 7.11. The summed E-state index contributed by atoms with van der Waals surface area (Å²) in [7, 11) is 0. The number of thioether (sulfide) groups is 1. The van der Waals surface area contributed by atoms with E-state index in [4.69, 9.17) is 4.74 Å². The molecule has 0 aliphatic heterocycles. The molecule has 0 bridgehead atoms. The number of para-hydroxylation sites is 1. The number of hydrogen-bond acceptors (Lipinski definition) is 6. The molecular formula is C18H22N4O3S. The first-order valence-electron chi connectivity index (χ1n) is 8.53. The number of hydrogen-bond donors (Lipinski definition) is 0. The topological polar surface area (TPSA) is 78.5 Å². The fraction of sp³-hybridized carbons (Fsp3) is 0.444. The maximum absolute atomic E-state index is 12.8. The van der Waals surface area contributed by atoms with Gasteiger partial charge in [-0.25, -0.2) is 0 Å². The maximum Gasteiger partial charge on any atom is 0.316 e. The largest absolute Gasteiger partial charge is 0.459 e. The normalized spacial score (nSPS) is 12.0. The number of nitrogens with zero attached hydrogens (tertiary/aromatic N) is 4. The summed E-state index contributed by atoms with van der Waals surface area (Å²) in [5, 5.41) is 9.58. The van der Waals surface area contributed by atoms with Crippen LogP contribution in [0.5, 0.6) is 0 Å². The minimum atomic E-state index is -0.529. The molecule has 3 rings (SSSR count). The van der Waals surface area contributed by atoms with E-state index in [0.717, 1.165) is 11.9 Å². The second-order valence-corrected chi connectivity index (χ2v) is 7.91. The Morgan fingerprint density at radius 1 is 1.23 bits per heavy atom. The highest BCUT2D eigenvalue weighted by Gasteiger charge is 2.20. The number of carbonyl (C=O) groups excluding carboxylic acids is 1. The minimum absolute atomic E-state index is 0.0777. The fourth-order valence-electron chi connectivity index (χ4n) is 2.75. The fourth-order valence-corrected chi connectivity index (χ4v) is 3.46. The van der Waals surface area contributed by atoms with Crippen LogP contribution in [-0.2, 0) is 16.1 Å². The molecule has 8 heteroatoms. The molecule has 0 aliphatic carbocycles. The third-order valence-corrected chi connectivity index (χ3v) is 4.57. The van der Waals surface area contributed by atoms with Gasteiger partial charge < -0.3 is 4.74 Å². The third kappa shape index (κ3) is 3.60. The molecule has 1 aromatic carbocycles. The van der Waals surface area contributed by atoms with Gasteiger partial charge in [-0.05, 0) is 39.3 Å². The number of aryl methyl sites for hydroxylation is 1. The first kappa shape index (κ1) is 18.4. The monoisotopic (exact) mass is 374 g/mol. The summed E-state index contributed by atoms with van der Waals surface area (Å²) in [6, 6.07) is 7.36. The van der Waals surface area contributed by atoms with E-state index < -0.39 is 5.60 Å². The van der Waals surface area contributed by atoms with Crippen LogP contribution in [0.3, 0.4) is 0 Å². The molecule has 0 N–H and O–H groups in total. The minimum Gasteiger partial charge on any atom is -0.459 e. The van der Waals surface area contributed by atoms with Gasteiger partial charge in [0.05, 0.1) is 16.7 Å². The average molecular weight is 374 g/mol. The van der Waals surface area contributed by atoms with E-state index in [1.807, 2.05) is 50.3 Å². The van der Waals surface area contributed by atoms with Crippen molar-refractivity contribution < 1.29 is 9.53 Å². The summed E-state index contributed by atoms with van der Waals surface area (Å²) in [6.07, 6.45) is 0.807. The Balaban J connectivity index is 2.05. The zero-order valence-corrected chi connectivity index (χ0v) is 16.2. The van der Waals surface area contributed by atoms with Gasteiger partial charge in [0, 0.05) is 6.54 Å². The van der Waals surface area contributed by atoms with Crippen molar-refractivity contribution in [3.63, 3.8) is 0 Å². The van der Waals surface area contributed by atoms with Gasteiger partial charge in [0.1, 0.15) is 5.60 Å². The van der Waals surface area contributed by atoms with E-state index in [2.05, 4.69) is 10.2 Å². The predicted octanol–water partition coefficient (Wildman–Crippen LogP) is 2.89. The van der Waals surface area contributed by atoms with Crippen molar-refractivity contribution >= 4 is 34.4 Å². The number of rotatable bonds is 5. The SMILES string of the molecule is CCCn1c(=O)c2ccccc2n2c(SCC(=O)OC(C)(C)C)nnc12. The molecule has 0 atom stereocenters. The predicted molar refractivity (Wildman–Crippen MR) is 102 cm³/mol. The summed E-state index contributed by atoms with van der Waals surface area (Å²) in [4.78, 5) is 24.8. The number of carbonyl (C=O) groups is 1. The highest BCUT2D eigenvalue weighted by Crippen LogP contribution is 2.22. The molecule has 0 amide bonds. The number of aromatic nitrogens is 4. The summed E-state index contributed by atoms with van der Waals surface area (Å²) >= 11 is 1.25. The molecule has 0 saturated carbocycles. The third-order valence-electron chi connectivity index (χ3n) is 3.66. The lowest BCUT2D eigenvalue weighted by atomic mass is 10.2. The van der Waals surface area contributed by atoms with E-state index in [9.17, 15) is 9.59 Å². The standard InChI is InChI=1S/C18H22N4O3S/c1-5-10-21-15(24)12-8-6-7-9-13(12)22-16(21)19-20-17(22)26-11-14(23)25-18(2,3)4/h6-9H,5,10-11H2,1-4H3. The van der Waals surface area contributed by atoms with Crippen LogP contribution in [0.4, 0.5) is 0 Å². The first-order chi connectivity index (χ1) is 12.3. The van der Waals surface area contributed by atoms with Gasteiger partial charge in [0.15, 0.2) is 5.16 Å². The van der Waals surface area contributed by atoms with Crippen molar-refractivity contribution in [1.29, 1.82) is 0 Å². The van der Waals surface area contributed by atoms with Crippen LogP contribution < -0.4 is 5.56 Å². The van der Waals surface area contributed by atoms with E-state index in [-0.39, 0.29) is 17.3 Å². The Hall–Kier alpha value is -2.35. The lowest BCUT2D eigenvalue weighted by Gasteiger charge is -2.19. The number of esters is 1. The van der Waals surface area contributed by atoms with Gasteiger partial charge in [-0.2, -0.15) is 0 Å². The Kier molecular flexibility index (Phi) is 5.04. The van der Waals surface area contributed by atoms with Crippen molar-refractivity contribution in [3.8, 4) is 0 Å². The number of fused-ring (bicyclic) bond motifs is 3. The molecule has 0 unspecified atom stereocenters. The lowest BCUT2D eigenvalue weighted by Crippen LogP contribution is -2.25. The molecule has 0 aliphatic rings. The molecule has 0 radical (unpaired) electrons. The van der Waals surface area contributed by atoms with Gasteiger partial charge in [-0.3, -0.25) is 18.6 Å². The van der Waals surface area contributed by atoms with Gasteiger partial charge in [-0.1, -0.05) is 30.8 Å². The molecule has 7 nitrogen and oxygen atoms in total. The van der Waals surface area contributed by atoms with Crippen molar-refractivity contribution in [2.24, 2.45) is 0 Å². The molecule has 2 aromatic heterocycles. The van der Waals surface area contributed by atoms with Crippen LogP contribution in [0.2, 0.25) is 0 Å². The Morgan fingerprint density at radius 3 is 2.65 bits per heavy atom. The van der Waals surface area contributed by atoms with Crippen LogP contribution >= 0.6 is 11.8 Å². The van der Waals surface area contributed by atoms with Gasteiger partial charge in [0.2, 0.25) is 5.78 Å². The molecule has 0 fully saturated rings. The van der Waals surface area contributed by atoms with Gasteiger partial charge >= 0.3 is 5.97 Å². The first-order valence-corrected chi connectivity index (χ1v) is 9.51. The summed E-state index contributed by atoms with van der Waals surface area (Å²) in [6.45, 7) is 8.06. The van der Waals surface area contributed by atoms with Crippen LogP contribution in [-0.4, -0.2) is 36.5 Å².